The van der Waals surface area contributed by atoms with Gasteiger partial charge in [-0.2, -0.15) is 0 Å². The molecule has 1 amide bonds. The number of hydrogen-bond acceptors (Lipinski definition) is 5. The van der Waals surface area contributed by atoms with Crippen molar-refractivity contribution in [3.63, 3.8) is 0 Å². The number of amides is 1. The van der Waals surface area contributed by atoms with Gasteiger partial charge in [0.15, 0.2) is 5.43 Å². The maximum atomic E-state index is 12.0. The SMILES string of the molecule is Cc1cc(=O)c(C(=O)Nc2ccc(O)cc2[N+](=O)[O-])c[nH]1. The standard InChI is InChI=1S/C13H11N3O5/c1-7-4-12(18)9(6-14-7)13(19)15-10-3-2-8(17)5-11(10)16(20)21/h2-6,17H,1H3,(H,14,18)(H,15,19). The van der Waals surface area contributed by atoms with Crippen LogP contribution in [0.5, 0.6) is 5.75 Å². The summed E-state index contributed by atoms with van der Waals surface area (Å²) in [6, 6.07) is 4.55. The van der Waals surface area contributed by atoms with Crippen LogP contribution in [0.1, 0.15) is 16.1 Å². The molecule has 0 aliphatic rings. The van der Waals surface area contributed by atoms with Crippen molar-refractivity contribution in [1.29, 1.82) is 0 Å². The number of carbonyl (C=O) groups is 1. The third kappa shape index (κ3) is 3.06. The Balaban J connectivity index is 2.36. The van der Waals surface area contributed by atoms with Gasteiger partial charge in [0.05, 0.1) is 11.0 Å². The molecule has 0 aliphatic carbocycles. The molecule has 0 spiro atoms. The predicted molar refractivity (Wildman–Crippen MR) is 74.5 cm³/mol. The average molecular weight is 289 g/mol. The van der Waals surface area contributed by atoms with Gasteiger partial charge in [0.2, 0.25) is 0 Å². The van der Waals surface area contributed by atoms with Crippen LogP contribution in [0.3, 0.4) is 0 Å². The zero-order valence-corrected chi connectivity index (χ0v) is 10.9. The molecule has 108 valence electrons. The van der Waals surface area contributed by atoms with E-state index in [1.165, 1.54) is 24.4 Å². The number of rotatable bonds is 3. The molecule has 0 aliphatic heterocycles. The second kappa shape index (κ2) is 5.45. The maximum absolute atomic E-state index is 12.0. The van der Waals surface area contributed by atoms with Gasteiger partial charge in [-0.15, -0.1) is 0 Å². The molecule has 3 N–H and O–H groups in total. The van der Waals surface area contributed by atoms with Crippen LogP contribution in [0.4, 0.5) is 11.4 Å². The summed E-state index contributed by atoms with van der Waals surface area (Å²) >= 11 is 0. The third-order valence-electron chi connectivity index (χ3n) is 2.73. The first-order valence-electron chi connectivity index (χ1n) is 5.86. The molecule has 1 heterocycles. The second-order valence-corrected chi connectivity index (χ2v) is 4.31. The Morgan fingerprint density at radius 2 is 2.10 bits per heavy atom. The molecule has 1 aromatic carbocycles. The zero-order valence-electron chi connectivity index (χ0n) is 10.9. The van der Waals surface area contributed by atoms with Crippen LogP contribution in [0, 0.1) is 17.0 Å². The second-order valence-electron chi connectivity index (χ2n) is 4.31. The summed E-state index contributed by atoms with van der Waals surface area (Å²) in [6.07, 6.45) is 1.24. The normalized spacial score (nSPS) is 10.1. The lowest BCUT2D eigenvalue weighted by Gasteiger charge is -2.06. The van der Waals surface area contributed by atoms with Gasteiger partial charge < -0.3 is 15.4 Å². The van der Waals surface area contributed by atoms with E-state index in [-0.39, 0.29) is 17.0 Å². The number of aromatic amines is 1. The Morgan fingerprint density at radius 1 is 1.38 bits per heavy atom. The number of anilines is 1. The van der Waals surface area contributed by atoms with E-state index in [0.29, 0.717) is 5.69 Å². The molecule has 0 radical (unpaired) electrons. The van der Waals surface area contributed by atoms with Crippen molar-refractivity contribution in [1.82, 2.24) is 4.98 Å². The summed E-state index contributed by atoms with van der Waals surface area (Å²) in [5.41, 5.74) is -0.644. The molecule has 0 saturated heterocycles. The lowest BCUT2D eigenvalue weighted by Crippen LogP contribution is -2.22. The van der Waals surface area contributed by atoms with Crippen LogP contribution in [0.15, 0.2) is 35.3 Å². The summed E-state index contributed by atoms with van der Waals surface area (Å²) in [5, 5.41) is 22.4. The third-order valence-corrected chi connectivity index (χ3v) is 2.73. The zero-order chi connectivity index (χ0) is 15.6. The van der Waals surface area contributed by atoms with Crippen LogP contribution in [0.25, 0.3) is 0 Å². The molecule has 21 heavy (non-hydrogen) atoms. The number of H-pyrrole nitrogens is 1. The minimum Gasteiger partial charge on any atom is -0.508 e. The number of carbonyl (C=O) groups excluding carboxylic acids is 1. The lowest BCUT2D eigenvalue weighted by molar-refractivity contribution is -0.384. The highest BCUT2D eigenvalue weighted by molar-refractivity contribution is 6.05. The highest BCUT2D eigenvalue weighted by Gasteiger charge is 2.18. The molecule has 1 aromatic heterocycles. The molecule has 8 nitrogen and oxygen atoms in total. The number of aromatic hydroxyl groups is 1. The van der Waals surface area contributed by atoms with Crippen molar-refractivity contribution in [3.05, 3.63) is 62.1 Å². The summed E-state index contributed by atoms with van der Waals surface area (Å²) in [4.78, 5) is 36.5. The Bertz CT molecular complexity index is 782. The van der Waals surface area contributed by atoms with E-state index in [4.69, 9.17) is 0 Å². The van der Waals surface area contributed by atoms with E-state index < -0.39 is 21.9 Å². The quantitative estimate of drug-likeness (QED) is 0.449. The lowest BCUT2D eigenvalue weighted by atomic mass is 10.2. The van der Waals surface area contributed by atoms with Crippen molar-refractivity contribution in [3.8, 4) is 5.75 Å². The number of nitrogens with zero attached hydrogens (tertiary/aromatic N) is 1. The van der Waals surface area contributed by atoms with Gasteiger partial charge in [-0.05, 0) is 19.1 Å². The van der Waals surface area contributed by atoms with Crippen LogP contribution < -0.4 is 10.7 Å². The van der Waals surface area contributed by atoms with E-state index in [2.05, 4.69) is 10.3 Å². The Labute approximate surface area is 118 Å². The number of aromatic nitrogens is 1. The minimum atomic E-state index is -0.773. The van der Waals surface area contributed by atoms with Crippen LogP contribution in [0.2, 0.25) is 0 Å². The number of aryl methyl sites for hydroxylation is 1. The first kappa shape index (κ1) is 14.3. The van der Waals surface area contributed by atoms with Crippen molar-refractivity contribution >= 4 is 17.3 Å². The number of hydrogen-bond donors (Lipinski definition) is 3. The molecular formula is C13H11N3O5. The first-order valence-corrected chi connectivity index (χ1v) is 5.86. The van der Waals surface area contributed by atoms with Gasteiger partial charge >= 0.3 is 0 Å². The molecule has 8 heteroatoms. The molecule has 2 rings (SSSR count). The summed E-state index contributed by atoms with van der Waals surface area (Å²) in [7, 11) is 0. The monoisotopic (exact) mass is 289 g/mol. The number of pyridine rings is 1. The number of nitrogens with one attached hydrogen (secondary N) is 2. The van der Waals surface area contributed by atoms with E-state index in [0.717, 1.165) is 6.07 Å². The maximum Gasteiger partial charge on any atom is 0.296 e. The molecule has 0 bridgehead atoms. The van der Waals surface area contributed by atoms with Crippen molar-refractivity contribution in [2.45, 2.75) is 6.92 Å². The van der Waals surface area contributed by atoms with Crippen molar-refractivity contribution in [2.75, 3.05) is 5.32 Å². The summed E-state index contributed by atoms with van der Waals surface area (Å²) < 4.78 is 0. The van der Waals surface area contributed by atoms with Gasteiger partial charge in [0.25, 0.3) is 11.6 Å². The minimum absolute atomic E-state index is 0.109. The smallest absolute Gasteiger partial charge is 0.296 e. The highest BCUT2D eigenvalue weighted by atomic mass is 16.6. The van der Waals surface area contributed by atoms with Crippen molar-refractivity contribution < 1.29 is 14.8 Å². The fourth-order valence-corrected chi connectivity index (χ4v) is 1.72. The van der Waals surface area contributed by atoms with Crippen LogP contribution in [-0.2, 0) is 0 Å². The van der Waals surface area contributed by atoms with E-state index in [1.54, 1.807) is 6.92 Å². The number of phenolic OH excluding ortho intramolecular Hbond substituents is 1. The topological polar surface area (TPSA) is 125 Å². The Hall–Kier alpha value is -3.16. The van der Waals surface area contributed by atoms with Gasteiger partial charge in [-0.3, -0.25) is 19.7 Å². The van der Waals surface area contributed by atoms with Gasteiger partial charge in [-0.1, -0.05) is 0 Å². The molecule has 2 aromatic rings. The Kier molecular flexibility index (Phi) is 3.70. The molecule has 0 fully saturated rings. The van der Waals surface area contributed by atoms with Gasteiger partial charge in [0.1, 0.15) is 17.0 Å². The predicted octanol–water partition coefficient (Wildman–Crippen LogP) is 1.55. The molecular weight excluding hydrogens is 278 g/mol. The molecule has 0 atom stereocenters. The average Bonchev–Trinajstić information content (AvgIpc) is 2.40. The summed E-state index contributed by atoms with van der Waals surface area (Å²) in [5.74, 6) is -1.07. The van der Waals surface area contributed by atoms with Gasteiger partial charge in [0, 0.05) is 18.0 Å². The molecule has 0 unspecified atom stereocenters. The number of phenols is 1. The number of benzene rings is 1. The summed E-state index contributed by atoms with van der Waals surface area (Å²) in [6.45, 7) is 1.66. The largest absolute Gasteiger partial charge is 0.508 e. The first-order chi connectivity index (χ1) is 9.88. The Morgan fingerprint density at radius 3 is 2.71 bits per heavy atom. The van der Waals surface area contributed by atoms with E-state index in [9.17, 15) is 24.8 Å². The van der Waals surface area contributed by atoms with E-state index in [1.807, 2.05) is 0 Å². The molecule has 0 saturated carbocycles. The fourth-order valence-electron chi connectivity index (χ4n) is 1.72. The fraction of sp³-hybridized carbons (Fsp3) is 0.0769. The van der Waals surface area contributed by atoms with Crippen LogP contribution >= 0.6 is 0 Å². The van der Waals surface area contributed by atoms with Gasteiger partial charge in [-0.25, -0.2) is 0 Å². The van der Waals surface area contributed by atoms with Crippen LogP contribution in [-0.4, -0.2) is 20.9 Å². The highest BCUT2D eigenvalue weighted by Crippen LogP contribution is 2.28. The number of nitro groups is 1. The van der Waals surface area contributed by atoms with E-state index >= 15 is 0 Å². The number of nitro benzene ring substituents is 1. The van der Waals surface area contributed by atoms with Crippen molar-refractivity contribution in [2.24, 2.45) is 0 Å².